The number of aromatic nitrogens is 1. The van der Waals surface area contributed by atoms with Gasteiger partial charge in [0.1, 0.15) is 5.69 Å². The summed E-state index contributed by atoms with van der Waals surface area (Å²) in [5.41, 5.74) is 2.31. The normalized spacial score (nSPS) is 11.3. The van der Waals surface area contributed by atoms with Gasteiger partial charge in [0, 0.05) is 17.0 Å². The van der Waals surface area contributed by atoms with Crippen LogP contribution in [0.1, 0.15) is 16.1 Å². The third kappa shape index (κ3) is 3.76. The van der Waals surface area contributed by atoms with Crippen LogP contribution in [0.25, 0.3) is 10.9 Å². The number of hydrogen-bond acceptors (Lipinski definition) is 6. The number of nitrogens with zero attached hydrogens (tertiary/aromatic N) is 2. The van der Waals surface area contributed by atoms with Crippen LogP contribution in [0.15, 0.2) is 59.5 Å². The first kappa shape index (κ1) is 18.4. The highest BCUT2D eigenvalue weighted by Gasteiger charge is 2.23. The summed E-state index contributed by atoms with van der Waals surface area (Å²) in [6, 6.07) is 14.0. The number of carbonyl (C=O) groups is 1. The molecule has 0 spiro atoms. The van der Waals surface area contributed by atoms with E-state index in [1.54, 1.807) is 18.2 Å². The number of para-hydroxylation sites is 1. The van der Waals surface area contributed by atoms with Crippen molar-refractivity contribution in [3.05, 3.63) is 76.0 Å². The van der Waals surface area contributed by atoms with Gasteiger partial charge in [0.05, 0.1) is 15.3 Å². The second-order valence-electron chi connectivity index (χ2n) is 5.61. The fraction of sp³-hybridized carbons (Fsp3) is 0.0588. The Balaban J connectivity index is 1.81. The Morgan fingerprint density at radius 1 is 1.07 bits per heavy atom. The molecule has 2 N–H and O–H groups in total. The predicted octanol–water partition coefficient (Wildman–Crippen LogP) is 2.07. The topological polar surface area (TPSA) is 131 Å². The van der Waals surface area contributed by atoms with Gasteiger partial charge in [-0.1, -0.05) is 30.3 Å². The molecule has 10 heteroatoms. The first-order valence-corrected chi connectivity index (χ1v) is 9.20. The molecule has 0 bridgehead atoms. The molecule has 0 saturated carbocycles. The van der Waals surface area contributed by atoms with Gasteiger partial charge >= 0.3 is 0 Å². The Labute approximate surface area is 154 Å². The molecule has 3 aromatic rings. The van der Waals surface area contributed by atoms with Crippen LogP contribution in [0.4, 0.5) is 5.69 Å². The average Bonchev–Trinajstić information content (AvgIpc) is 2.65. The number of rotatable bonds is 5. The lowest BCUT2D eigenvalue weighted by Gasteiger charge is -2.10. The molecule has 27 heavy (non-hydrogen) atoms. The first-order valence-electron chi connectivity index (χ1n) is 7.71. The van der Waals surface area contributed by atoms with Crippen molar-refractivity contribution in [2.45, 2.75) is 11.8 Å². The Morgan fingerprint density at radius 3 is 2.56 bits per heavy atom. The summed E-state index contributed by atoms with van der Waals surface area (Å²) >= 11 is 0. The number of fused-ring (bicyclic) bond motifs is 1. The van der Waals surface area contributed by atoms with Crippen molar-refractivity contribution in [1.29, 1.82) is 0 Å². The highest BCUT2D eigenvalue weighted by Crippen LogP contribution is 2.24. The summed E-state index contributed by atoms with van der Waals surface area (Å²) in [5, 5.41) is 11.8. The Bertz CT molecular complexity index is 1160. The number of carbonyl (C=O) groups excluding carboxylic acids is 1. The van der Waals surface area contributed by atoms with E-state index in [2.05, 4.69) is 10.4 Å². The minimum atomic E-state index is -4.21. The molecule has 1 aromatic heterocycles. The number of nitro groups is 1. The van der Waals surface area contributed by atoms with Crippen LogP contribution < -0.4 is 10.3 Å². The summed E-state index contributed by atoms with van der Waals surface area (Å²) < 4.78 is 24.8. The molecular formula is C17H14N4O5S. The summed E-state index contributed by atoms with van der Waals surface area (Å²) in [6.07, 6.45) is 0. The van der Waals surface area contributed by atoms with Crippen LogP contribution in [0.2, 0.25) is 0 Å². The lowest BCUT2D eigenvalue weighted by atomic mass is 10.2. The molecule has 0 saturated heterocycles. The number of hydrazine groups is 1. The van der Waals surface area contributed by atoms with E-state index in [0.717, 1.165) is 5.39 Å². The number of nitro benzene ring substituents is 1. The van der Waals surface area contributed by atoms with Crippen molar-refractivity contribution in [2.75, 3.05) is 0 Å². The molecule has 0 aliphatic rings. The summed E-state index contributed by atoms with van der Waals surface area (Å²) in [6.45, 7) is 1.32. The minimum absolute atomic E-state index is 0.0205. The summed E-state index contributed by atoms with van der Waals surface area (Å²) in [4.78, 5) is 28.3. The molecule has 0 atom stereocenters. The zero-order valence-corrected chi connectivity index (χ0v) is 14.9. The molecular weight excluding hydrogens is 372 g/mol. The van der Waals surface area contributed by atoms with Gasteiger partial charge in [-0.15, -0.1) is 4.83 Å². The second-order valence-corrected chi connectivity index (χ2v) is 7.26. The number of pyridine rings is 1. The van der Waals surface area contributed by atoms with E-state index in [1.807, 2.05) is 17.0 Å². The third-order valence-electron chi connectivity index (χ3n) is 3.87. The van der Waals surface area contributed by atoms with Gasteiger partial charge in [0.2, 0.25) is 0 Å². The lowest BCUT2D eigenvalue weighted by molar-refractivity contribution is -0.385. The highest BCUT2D eigenvalue weighted by atomic mass is 32.2. The third-order valence-corrected chi connectivity index (χ3v) is 5.26. The Morgan fingerprint density at radius 2 is 1.81 bits per heavy atom. The van der Waals surface area contributed by atoms with E-state index in [-0.39, 0.29) is 21.8 Å². The van der Waals surface area contributed by atoms with Crippen LogP contribution in [0.5, 0.6) is 0 Å². The van der Waals surface area contributed by atoms with Gasteiger partial charge in [-0.05, 0) is 25.1 Å². The van der Waals surface area contributed by atoms with Crippen LogP contribution >= 0.6 is 0 Å². The number of amides is 1. The molecule has 9 nitrogen and oxygen atoms in total. The van der Waals surface area contributed by atoms with Gasteiger partial charge in [0.25, 0.3) is 21.6 Å². The first-order chi connectivity index (χ1) is 12.8. The van der Waals surface area contributed by atoms with E-state index in [0.29, 0.717) is 5.52 Å². The molecule has 1 amide bonds. The fourth-order valence-corrected chi connectivity index (χ4v) is 3.62. The van der Waals surface area contributed by atoms with E-state index in [1.165, 1.54) is 31.2 Å². The number of sulfonamides is 1. The maximum Gasteiger partial charge on any atom is 0.284 e. The van der Waals surface area contributed by atoms with Gasteiger partial charge in [-0.2, -0.15) is 0 Å². The molecule has 138 valence electrons. The van der Waals surface area contributed by atoms with Gasteiger partial charge in [-0.25, -0.2) is 13.4 Å². The van der Waals surface area contributed by atoms with Crippen LogP contribution in [-0.2, 0) is 10.0 Å². The zero-order valence-electron chi connectivity index (χ0n) is 14.0. The maximum atomic E-state index is 12.4. The van der Waals surface area contributed by atoms with Crippen molar-refractivity contribution in [3.63, 3.8) is 0 Å². The molecule has 0 aliphatic carbocycles. The second kappa shape index (κ2) is 7.09. The Kier molecular flexibility index (Phi) is 4.84. The Hall–Kier alpha value is -3.37. The monoisotopic (exact) mass is 386 g/mol. The van der Waals surface area contributed by atoms with Crippen molar-refractivity contribution < 1.29 is 18.1 Å². The smallest absolute Gasteiger partial charge is 0.272 e. The standard InChI is InChI=1S/C17H14N4O5S/c1-11-15(21(23)24)7-4-8-16(11)27(25,26)20-19-17(22)14-10-9-12-5-2-3-6-13(12)18-14/h2-10,20H,1H3,(H,19,22). The zero-order chi connectivity index (χ0) is 19.6. The van der Waals surface area contributed by atoms with Crippen molar-refractivity contribution >= 4 is 32.5 Å². The molecule has 1 heterocycles. The SMILES string of the molecule is Cc1c([N+](=O)[O-])cccc1S(=O)(=O)NNC(=O)c1ccc2ccccc2n1. The molecule has 0 radical (unpaired) electrons. The van der Waals surface area contributed by atoms with Gasteiger partial charge in [0.15, 0.2) is 0 Å². The van der Waals surface area contributed by atoms with Crippen LogP contribution in [-0.4, -0.2) is 24.2 Å². The van der Waals surface area contributed by atoms with E-state index in [4.69, 9.17) is 0 Å². The van der Waals surface area contributed by atoms with E-state index < -0.39 is 20.9 Å². The number of hydrogen-bond donors (Lipinski definition) is 2. The molecule has 0 fully saturated rings. The van der Waals surface area contributed by atoms with Crippen molar-refractivity contribution in [2.24, 2.45) is 0 Å². The summed E-state index contributed by atoms with van der Waals surface area (Å²) in [7, 11) is -4.21. The number of benzene rings is 2. The van der Waals surface area contributed by atoms with E-state index in [9.17, 15) is 23.3 Å². The number of nitrogens with one attached hydrogen (secondary N) is 2. The fourth-order valence-electron chi connectivity index (χ4n) is 2.52. The highest BCUT2D eigenvalue weighted by molar-refractivity contribution is 7.89. The van der Waals surface area contributed by atoms with Gasteiger partial charge < -0.3 is 0 Å². The maximum absolute atomic E-state index is 12.4. The molecule has 2 aromatic carbocycles. The molecule has 3 rings (SSSR count). The molecule has 0 aliphatic heterocycles. The van der Waals surface area contributed by atoms with Crippen molar-refractivity contribution in [3.8, 4) is 0 Å². The predicted molar refractivity (Wildman–Crippen MR) is 97.4 cm³/mol. The minimum Gasteiger partial charge on any atom is -0.272 e. The van der Waals surface area contributed by atoms with Crippen molar-refractivity contribution in [1.82, 2.24) is 15.2 Å². The van der Waals surface area contributed by atoms with Crippen LogP contribution in [0.3, 0.4) is 0 Å². The van der Waals surface area contributed by atoms with Gasteiger partial charge in [-0.3, -0.25) is 20.3 Å². The van der Waals surface area contributed by atoms with E-state index >= 15 is 0 Å². The quantitative estimate of drug-likeness (QED) is 0.510. The largest absolute Gasteiger partial charge is 0.284 e. The summed E-state index contributed by atoms with van der Waals surface area (Å²) in [5.74, 6) is -0.757. The average molecular weight is 386 g/mol. The lowest BCUT2D eigenvalue weighted by Crippen LogP contribution is -2.42. The van der Waals surface area contributed by atoms with Crippen LogP contribution in [0, 0.1) is 17.0 Å². The molecule has 0 unspecified atom stereocenters.